The van der Waals surface area contributed by atoms with E-state index in [1.54, 1.807) is 12.4 Å². The molecule has 0 amide bonds. The Hall–Kier alpha value is -6.60. The zero-order valence-corrected chi connectivity index (χ0v) is 24.9. The molecule has 7 heteroatoms. The van der Waals surface area contributed by atoms with Crippen LogP contribution in [0.15, 0.2) is 150 Å². The van der Waals surface area contributed by atoms with Gasteiger partial charge in [0.2, 0.25) is 0 Å². The van der Waals surface area contributed by atoms with Crippen molar-refractivity contribution in [2.24, 2.45) is 0 Å². The number of aromatic nitrogens is 6. The summed E-state index contributed by atoms with van der Waals surface area (Å²) in [5.41, 5.74) is 7.28. The fourth-order valence-electron chi connectivity index (χ4n) is 6.01. The lowest BCUT2D eigenvalue weighted by molar-refractivity contribution is 0.666. The summed E-state index contributed by atoms with van der Waals surface area (Å²) < 4.78 is 6.32. The lowest BCUT2D eigenvalue weighted by Gasteiger charge is -2.12. The van der Waals surface area contributed by atoms with Crippen LogP contribution in [0.4, 0.5) is 0 Å². The molecule has 0 aliphatic rings. The van der Waals surface area contributed by atoms with Crippen molar-refractivity contribution in [3.63, 3.8) is 0 Å². The van der Waals surface area contributed by atoms with Gasteiger partial charge < -0.3 is 4.42 Å². The summed E-state index contributed by atoms with van der Waals surface area (Å²) in [4.78, 5) is 29.0. The van der Waals surface area contributed by atoms with Gasteiger partial charge in [0.05, 0.1) is 11.9 Å². The number of pyridine rings is 3. The largest absolute Gasteiger partial charge is 0.452 e. The zero-order chi connectivity index (χ0) is 31.2. The van der Waals surface area contributed by atoms with Crippen molar-refractivity contribution in [1.29, 1.82) is 0 Å². The maximum Gasteiger partial charge on any atom is 0.164 e. The first-order valence-corrected chi connectivity index (χ1v) is 15.3. The van der Waals surface area contributed by atoms with Crippen LogP contribution in [-0.4, -0.2) is 29.9 Å². The van der Waals surface area contributed by atoms with Gasteiger partial charge in [0.1, 0.15) is 11.4 Å². The molecule has 9 aromatic rings. The van der Waals surface area contributed by atoms with Gasteiger partial charge in [-0.1, -0.05) is 103 Å². The molecule has 220 valence electrons. The first-order chi connectivity index (χ1) is 23.3. The van der Waals surface area contributed by atoms with Gasteiger partial charge in [-0.3, -0.25) is 9.97 Å². The summed E-state index contributed by atoms with van der Waals surface area (Å²) in [6, 6.07) is 42.4. The minimum absolute atomic E-state index is 0.586. The van der Waals surface area contributed by atoms with Gasteiger partial charge in [0.25, 0.3) is 0 Å². The summed E-state index contributed by atoms with van der Waals surface area (Å²) in [5.74, 6) is 1.82. The predicted octanol–water partition coefficient (Wildman–Crippen LogP) is 9.44. The molecule has 0 atom stereocenters. The Morgan fingerprint density at radius 1 is 0.447 bits per heavy atom. The number of fused-ring (bicyclic) bond motifs is 4. The van der Waals surface area contributed by atoms with Crippen molar-refractivity contribution in [2.75, 3.05) is 0 Å². The SMILES string of the molecule is c1ccc(-c2nc(-c3ccccc3)nc(-c3cccc(-c4cc5ccccc5c(-c5nccc6c5oc5cnccc56)n4)c3)n2)cc1. The van der Waals surface area contributed by atoms with Crippen molar-refractivity contribution in [1.82, 2.24) is 29.9 Å². The first-order valence-electron chi connectivity index (χ1n) is 15.3. The molecule has 0 N–H and O–H groups in total. The molecule has 47 heavy (non-hydrogen) atoms. The van der Waals surface area contributed by atoms with Gasteiger partial charge in [-0.2, -0.15) is 0 Å². The molecule has 7 nitrogen and oxygen atoms in total. The number of hydrogen-bond acceptors (Lipinski definition) is 7. The Kier molecular flexibility index (Phi) is 6.31. The number of benzene rings is 4. The molecule has 0 unspecified atom stereocenters. The zero-order valence-electron chi connectivity index (χ0n) is 24.9. The Morgan fingerprint density at radius 3 is 1.85 bits per heavy atom. The van der Waals surface area contributed by atoms with Gasteiger partial charge in [-0.05, 0) is 29.7 Å². The maximum atomic E-state index is 6.32. The van der Waals surface area contributed by atoms with E-state index in [0.717, 1.165) is 55.2 Å². The fourth-order valence-corrected chi connectivity index (χ4v) is 6.01. The minimum Gasteiger partial charge on any atom is -0.452 e. The summed E-state index contributed by atoms with van der Waals surface area (Å²) >= 11 is 0. The van der Waals surface area contributed by atoms with Gasteiger partial charge in [-0.25, -0.2) is 19.9 Å². The van der Waals surface area contributed by atoms with E-state index in [2.05, 4.69) is 35.3 Å². The molecular weight excluding hydrogens is 580 g/mol. The van der Waals surface area contributed by atoms with Crippen LogP contribution < -0.4 is 0 Å². The molecule has 0 radical (unpaired) electrons. The normalized spacial score (nSPS) is 11.4. The van der Waals surface area contributed by atoms with Crippen molar-refractivity contribution >= 4 is 32.7 Å². The van der Waals surface area contributed by atoms with Crippen LogP contribution in [0, 0.1) is 0 Å². The van der Waals surface area contributed by atoms with Crippen molar-refractivity contribution in [3.8, 4) is 56.8 Å². The first kappa shape index (κ1) is 26.8. The number of hydrogen-bond donors (Lipinski definition) is 0. The van der Waals surface area contributed by atoms with Crippen molar-refractivity contribution < 1.29 is 4.42 Å². The third kappa shape index (κ3) is 4.78. The summed E-state index contributed by atoms with van der Waals surface area (Å²) in [5, 5.41) is 4.01. The smallest absolute Gasteiger partial charge is 0.164 e. The molecule has 4 aromatic carbocycles. The molecule has 0 saturated heterocycles. The topological polar surface area (TPSA) is 90.5 Å². The van der Waals surface area contributed by atoms with Crippen LogP contribution >= 0.6 is 0 Å². The van der Waals surface area contributed by atoms with Crippen LogP contribution in [0.1, 0.15) is 0 Å². The second-order valence-corrected chi connectivity index (χ2v) is 11.2. The maximum absolute atomic E-state index is 6.32. The van der Waals surface area contributed by atoms with Gasteiger partial charge >= 0.3 is 0 Å². The quantitative estimate of drug-likeness (QED) is 0.193. The predicted molar refractivity (Wildman–Crippen MR) is 185 cm³/mol. The van der Waals surface area contributed by atoms with Crippen LogP contribution in [0.2, 0.25) is 0 Å². The highest BCUT2D eigenvalue weighted by atomic mass is 16.3. The Labute approximate surface area is 269 Å². The van der Waals surface area contributed by atoms with Crippen LogP contribution in [0.25, 0.3) is 89.5 Å². The second kappa shape index (κ2) is 11.1. The molecule has 0 bridgehead atoms. The molecule has 0 spiro atoms. The monoisotopic (exact) mass is 604 g/mol. The van der Waals surface area contributed by atoms with Crippen LogP contribution in [-0.2, 0) is 0 Å². The fraction of sp³-hybridized carbons (Fsp3) is 0. The van der Waals surface area contributed by atoms with E-state index in [0.29, 0.717) is 34.3 Å². The molecule has 0 aliphatic heterocycles. The lowest BCUT2D eigenvalue weighted by atomic mass is 10.0. The van der Waals surface area contributed by atoms with Crippen LogP contribution in [0.5, 0.6) is 0 Å². The molecule has 0 fully saturated rings. The Bertz CT molecular complexity index is 2520. The highest BCUT2D eigenvalue weighted by Crippen LogP contribution is 2.38. The van der Waals surface area contributed by atoms with Gasteiger partial charge in [0, 0.05) is 50.8 Å². The van der Waals surface area contributed by atoms with E-state index in [1.807, 2.05) is 103 Å². The molecule has 5 heterocycles. The molecular formula is C40H24N6O. The molecule has 0 aliphatic carbocycles. The third-order valence-corrected chi connectivity index (χ3v) is 8.27. The van der Waals surface area contributed by atoms with E-state index in [9.17, 15) is 0 Å². The lowest BCUT2D eigenvalue weighted by Crippen LogP contribution is -2.00. The van der Waals surface area contributed by atoms with E-state index < -0.39 is 0 Å². The summed E-state index contributed by atoms with van der Waals surface area (Å²) in [7, 11) is 0. The van der Waals surface area contributed by atoms with E-state index in [4.69, 9.17) is 29.3 Å². The van der Waals surface area contributed by atoms with Gasteiger partial charge in [-0.15, -0.1) is 0 Å². The van der Waals surface area contributed by atoms with Gasteiger partial charge in [0.15, 0.2) is 28.6 Å². The van der Waals surface area contributed by atoms with E-state index >= 15 is 0 Å². The highest BCUT2D eigenvalue weighted by molar-refractivity contribution is 6.10. The van der Waals surface area contributed by atoms with Crippen LogP contribution in [0.3, 0.4) is 0 Å². The molecule has 9 rings (SSSR count). The number of furan rings is 1. The van der Waals surface area contributed by atoms with E-state index in [1.165, 1.54) is 0 Å². The van der Waals surface area contributed by atoms with Crippen molar-refractivity contribution in [2.45, 2.75) is 0 Å². The average molecular weight is 605 g/mol. The third-order valence-electron chi connectivity index (χ3n) is 8.27. The second-order valence-electron chi connectivity index (χ2n) is 11.2. The highest BCUT2D eigenvalue weighted by Gasteiger charge is 2.19. The van der Waals surface area contributed by atoms with Crippen molar-refractivity contribution in [3.05, 3.63) is 146 Å². The molecule has 0 saturated carbocycles. The summed E-state index contributed by atoms with van der Waals surface area (Å²) in [6.45, 7) is 0. The number of nitrogens with zero attached hydrogens (tertiary/aromatic N) is 6. The number of rotatable bonds is 5. The van der Waals surface area contributed by atoms with E-state index in [-0.39, 0.29) is 0 Å². The Morgan fingerprint density at radius 2 is 1.09 bits per heavy atom. The Balaban J connectivity index is 1.22. The summed E-state index contributed by atoms with van der Waals surface area (Å²) in [6.07, 6.45) is 5.32. The minimum atomic E-state index is 0.586. The standard InChI is InChI=1S/C40H24N6O/c1-3-10-25(11-4-1)38-44-39(26-12-5-2-6-13-26)46-40(45-38)29-16-9-15-28(22-29)33-23-27-14-7-8-17-30(27)35(43-33)36-37-32(19-21-42-36)31-18-20-41-24-34(31)47-37/h1-24H. The average Bonchev–Trinajstić information content (AvgIpc) is 3.54. The molecule has 5 aromatic heterocycles.